The number of para-hydroxylation sites is 1. The van der Waals surface area contributed by atoms with Crippen molar-refractivity contribution >= 4 is 23.4 Å². The van der Waals surface area contributed by atoms with Crippen molar-refractivity contribution in [2.75, 3.05) is 27.0 Å². The van der Waals surface area contributed by atoms with E-state index in [0.29, 0.717) is 18.0 Å². The number of thioether (sulfide) groups is 1. The number of carbonyl (C=O) groups excluding carboxylic acids is 1. The second-order valence-corrected chi connectivity index (χ2v) is 7.54. The number of non-ortho nitro benzene ring substituents is 1. The van der Waals surface area contributed by atoms with Crippen LogP contribution in [0.2, 0.25) is 0 Å². The summed E-state index contributed by atoms with van der Waals surface area (Å²) in [7, 11) is 4.88. The Hall–Kier alpha value is -2.74. The molecule has 0 fully saturated rings. The number of ether oxygens (including phenoxy) is 2. The molecule has 2 aromatic carbocycles. The Bertz CT molecular complexity index is 843. The zero-order valence-electron chi connectivity index (χ0n) is 16.4. The fourth-order valence-corrected chi connectivity index (χ4v) is 3.67. The number of methoxy groups -OCH3 is 2. The fraction of sp³-hybridized carbons (Fsp3) is 0.350. The molecule has 1 atom stereocenters. The summed E-state index contributed by atoms with van der Waals surface area (Å²) in [5.41, 5.74) is 1.73. The minimum atomic E-state index is -0.415. The molecule has 0 unspecified atom stereocenters. The van der Waals surface area contributed by atoms with Crippen molar-refractivity contribution in [2.45, 2.75) is 18.7 Å². The first kappa shape index (κ1) is 21.6. The Morgan fingerprint density at radius 3 is 2.57 bits per heavy atom. The predicted octanol–water partition coefficient (Wildman–Crippen LogP) is 4.06. The number of nitro groups is 1. The first-order chi connectivity index (χ1) is 13.4. The van der Waals surface area contributed by atoms with Crippen LogP contribution in [0.5, 0.6) is 11.5 Å². The highest BCUT2D eigenvalue weighted by Gasteiger charge is 2.17. The molecular weight excluding hydrogens is 380 g/mol. The largest absolute Gasteiger partial charge is 0.493 e. The molecule has 0 N–H and O–H groups in total. The molecule has 0 heterocycles. The molecule has 0 aromatic heterocycles. The minimum absolute atomic E-state index is 0.0350. The summed E-state index contributed by atoms with van der Waals surface area (Å²) >= 11 is 1.44. The van der Waals surface area contributed by atoms with Gasteiger partial charge in [-0.25, -0.2) is 0 Å². The highest BCUT2D eigenvalue weighted by molar-refractivity contribution is 8.00. The van der Waals surface area contributed by atoms with Crippen molar-refractivity contribution < 1.29 is 19.2 Å². The van der Waals surface area contributed by atoms with Gasteiger partial charge in [0.25, 0.3) is 5.69 Å². The van der Waals surface area contributed by atoms with Crippen LogP contribution in [-0.4, -0.2) is 42.8 Å². The minimum Gasteiger partial charge on any atom is -0.493 e. The van der Waals surface area contributed by atoms with Crippen molar-refractivity contribution in [2.24, 2.45) is 0 Å². The average Bonchev–Trinajstić information content (AvgIpc) is 2.71. The van der Waals surface area contributed by atoms with Gasteiger partial charge in [-0.1, -0.05) is 24.3 Å². The van der Waals surface area contributed by atoms with Crippen LogP contribution in [0.25, 0.3) is 0 Å². The lowest BCUT2D eigenvalue weighted by atomic mass is 10.1. The molecule has 7 nitrogen and oxygen atoms in total. The van der Waals surface area contributed by atoms with E-state index in [9.17, 15) is 14.9 Å². The van der Waals surface area contributed by atoms with E-state index in [0.717, 1.165) is 11.1 Å². The van der Waals surface area contributed by atoms with Gasteiger partial charge in [-0.05, 0) is 18.6 Å². The molecule has 0 bridgehead atoms. The lowest BCUT2D eigenvalue weighted by Crippen LogP contribution is -2.28. The van der Waals surface area contributed by atoms with Gasteiger partial charge in [0.05, 0.1) is 24.9 Å². The number of carbonyl (C=O) groups is 1. The first-order valence-electron chi connectivity index (χ1n) is 8.67. The molecule has 0 spiro atoms. The number of hydrogen-bond acceptors (Lipinski definition) is 6. The summed E-state index contributed by atoms with van der Waals surface area (Å²) in [5.74, 6) is 1.47. The second-order valence-electron chi connectivity index (χ2n) is 6.21. The maximum atomic E-state index is 12.5. The monoisotopic (exact) mass is 404 g/mol. The highest BCUT2D eigenvalue weighted by Crippen LogP contribution is 2.32. The standard InChI is InChI=1S/C20H24N2O5S/c1-14(15-7-5-9-17(11-15)22(24)25)28-13-19(23)21(2)12-16-8-6-10-18(26-3)20(16)27-4/h5-11,14H,12-13H2,1-4H3/t14-/m1/s1. The van der Waals surface area contributed by atoms with E-state index in [4.69, 9.17) is 9.47 Å². The molecule has 0 saturated carbocycles. The first-order valence-corrected chi connectivity index (χ1v) is 9.72. The SMILES string of the molecule is COc1cccc(CN(C)C(=O)CS[C@H](C)c2cccc([N+](=O)[O-])c2)c1OC. The summed E-state index contributed by atoms with van der Waals surface area (Å²) in [6.07, 6.45) is 0. The van der Waals surface area contributed by atoms with Crippen molar-refractivity contribution in [3.8, 4) is 11.5 Å². The molecule has 0 aliphatic heterocycles. The average molecular weight is 404 g/mol. The number of rotatable bonds is 9. The maximum Gasteiger partial charge on any atom is 0.269 e. The van der Waals surface area contributed by atoms with Gasteiger partial charge in [0.2, 0.25) is 5.91 Å². The Labute approximate surface area is 168 Å². The molecule has 2 aromatic rings. The topological polar surface area (TPSA) is 81.9 Å². The molecule has 1 amide bonds. The van der Waals surface area contributed by atoms with Gasteiger partial charge in [-0.15, -0.1) is 11.8 Å². The van der Waals surface area contributed by atoms with Gasteiger partial charge in [-0.3, -0.25) is 14.9 Å². The summed E-state index contributed by atoms with van der Waals surface area (Å²) in [6, 6.07) is 12.1. The molecule has 2 rings (SSSR count). The third-order valence-corrected chi connectivity index (χ3v) is 5.51. The molecule has 28 heavy (non-hydrogen) atoms. The van der Waals surface area contributed by atoms with E-state index in [1.54, 1.807) is 44.4 Å². The van der Waals surface area contributed by atoms with Crippen LogP contribution < -0.4 is 9.47 Å². The number of amides is 1. The normalized spacial score (nSPS) is 11.6. The second kappa shape index (κ2) is 9.98. The molecule has 0 radical (unpaired) electrons. The maximum absolute atomic E-state index is 12.5. The smallest absolute Gasteiger partial charge is 0.269 e. The van der Waals surface area contributed by atoms with Crippen LogP contribution in [-0.2, 0) is 11.3 Å². The predicted molar refractivity (Wildman–Crippen MR) is 110 cm³/mol. The van der Waals surface area contributed by atoms with E-state index in [-0.39, 0.29) is 22.6 Å². The zero-order valence-corrected chi connectivity index (χ0v) is 17.2. The van der Waals surface area contributed by atoms with Gasteiger partial charge in [0, 0.05) is 36.5 Å². The Kier molecular flexibility index (Phi) is 7.69. The highest BCUT2D eigenvalue weighted by atomic mass is 32.2. The molecule has 150 valence electrons. The lowest BCUT2D eigenvalue weighted by molar-refractivity contribution is -0.384. The van der Waals surface area contributed by atoms with Crippen LogP contribution >= 0.6 is 11.8 Å². The molecule has 0 aliphatic rings. The van der Waals surface area contributed by atoms with Gasteiger partial charge in [0.15, 0.2) is 11.5 Å². The van der Waals surface area contributed by atoms with E-state index in [2.05, 4.69) is 0 Å². The third-order valence-electron chi connectivity index (χ3n) is 4.33. The number of benzene rings is 2. The third kappa shape index (κ3) is 5.39. The lowest BCUT2D eigenvalue weighted by Gasteiger charge is -2.20. The quantitative estimate of drug-likeness (QED) is 0.463. The van der Waals surface area contributed by atoms with Crippen LogP contribution in [0, 0.1) is 10.1 Å². The van der Waals surface area contributed by atoms with E-state index in [1.807, 2.05) is 25.1 Å². The summed E-state index contributed by atoms with van der Waals surface area (Å²) < 4.78 is 10.7. The Morgan fingerprint density at radius 1 is 1.21 bits per heavy atom. The van der Waals surface area contributed by atoms with Crippen LogP contribution in [0.1, 0.15) is 23.3 Å². The number of nitro benzene ring substituents is 1. The number of hydrogen-bond donors (Lipinski definition) is 0. The van der Waals surface area contributed by atoms with E-state index >= 15 is 0 Å². The Morgan fingerprint density at radius 2 is 1.93 bits per heavy atom. The molecular formula is C20H24N2O5S. The summed E-state index contributed by atoms with van der Waals surface area (Å²) in [5, 5.41) is 10.9. The van der Waals surface area contributed by atoms with Gasteiger partial charge in [0.1, 0.15) is 0 Å². The van der Waals surface area contributed by atoms with Gasteiger partial charge in [-0.2, -0.15) is 0 Å². The van der Waals surface area contributed by atoms with Crippen LogP contribution in [0.3, 0.4) is 0 Å². The molecule has 0 aliphatic carbocycles. The van der Waals surface area contributed by atoms with Crippen molar-refractivity contribution in [1.82, 2.24) is 4.90 Å². The fourth-order valence-electron chi connectivity index (χ4n) is 2.72. The van der Waals surface area contributed by atoms with Crippen molar-refractivity contribution in [3.05, 3.63) is 63.7 Å². The van der Waals surface area contributed by atoms with Crippen LogP contribution in [0.4, 0.5) is 5.69 Å². The zero-order chi connectivity index (χ0) is 20.7. The number of nitrogens with zero attached hydrogens (tertiary/aromatic N) is 2. The van der Waals surface area contributed by atoms with Gasteiger partial charge >= 0.3 is 0 Å². The summed E-state index contributed by atoms with van der Waals surface area (Å²) in [6.45, 7) is 2.33. The van der Waals surface area contributed by atoms with Crippen molar-refractivity contribution in [1.29, 1.82) is 0 Å². The molecule has 0 saturated heterocycles. The van der Waals surface area contributed by atoms with E-state index < -0.39 is 4.92 Å². The van der Waals surface area contributed by atoms with Gasteiger partial charge < -0.3 is 14.4 Å². The van der Waals surface area contributed by atoms with Crippen LogP contribution in [0.15, 0.2) is 42.5 Å². The molecule has 8 heteroatoms. The summed E-state index contributed by atoms with van der Waals surface area (Å²) in [4.78, 5) is 24.7. The van der Waals surface area contributed by atoms with E-state index in [1.165, 1.54) is 17.8 Å². The van der Waals surface area contributed by atoms with Crippen molar-refractivity contribution in [3.63, 3.8) is 0 Å². The Balaban J connectivity index is 1.98.